The number of methoxy groups -OCH3 is 2. The molecule has 0 saturated heterocycles. The van der Waals surface area contributed by atoms with Crippen LogP contribution in [0.25, 0.3) is 11.0 Å². The first-order valence-corrected chi connectivity index (χ1v) is 10.3. The van der Waals surface area contributed by atoms with Gasteiger partial charge in [0, 0.05) is 50.8 Å². The lowest BCUT2D eigenvalue weighted by molar-refractivity contribution is 0.103. The van der Waals surface area contributed by atoms with Crippen molar-refractivity contribution < 1.29 is 18.7 Å². The molecule has 0 aromatic carbocycles. The van der Waals surface area contributed by atoms with Crippen molar-refractivity contribution in [2.24, 2.45) is 0 Å². The molecule has 0 aliphatic rings. The highest BCUT2D eigenvalue weighted by molar-refractivity contribution is 6.17. The number of hydrogen-bond donors (Lipinski definition) is 2. The number of nitrogens with zero attached hydrogens (tertiary/aromatic N) is 4. The Morgan fingerprint density at radius 2 is 2.00 bits per heavy atom. The van der Waals surface area contributed by atoms with Gasteiger partial charge in [0.05, 0.1) is 23.6 Å². The second kappa shape index (κ2) is 10.1. The third-order valence-electron chi connectivity index (χ3n) is 5.08. The molecule has 9 nitrogen and oxygen atoms in total. The molecule has 0 aliphatic carbocycles. The highest BCUT2D eigenvalue weighted by atomic mass is 19.1. The number of ketones is 1. The second-order valence-corrected chi connectivity index (χ2v) is 7.28. The fourth-order valence-electron chi connectivity index (χ4n) is 3.43. The molecule has 4 aromatic heterocycles. The Morgan fingerprint density at radius 3 is 2.73 bits per heavy atom. The van der Waals surface area contributed by atoms with E-state index in [1.165, 1.54) is 25.7 Å². The van der Waals surface area contributed by atoms with Gasteiger partial charge in [-0.3, -0.25) is 4.79 Å². The maximum absolute atomic E-state index is 14.9. The first-order chi connectivity index (χ1) is 16.1. The van der Waals surface area contributed by atoms with Crippen LogP contribution in [0.15, 0.2) is 43.0 Å². The van der Waals surface area contributed by atoms with Gasteiger partial charge in [-0.1, -0.05) is 6.07 Å². The molecule has 0 atom stereocenters. The van der Waals surface area contributed by atoms with Crippen LogP contribution in [-0.4, -0.2) is 58.1 Å². The van der Waals surface area contributed by atoms with Gasteiger partial charge in [-0.2, -0.15) is 4.39 Å². The number of hydrogen-bond acceptors (Lipinski definition) is 8. The fraction of sp³-hybridized carbons (Fsp3) is 0.261. The summed E-state index contributed by atoms with van der Waals surface area (Å²) >= 11 is 0. The zero-order valence-electron chi connectivity index (χ0n) is 18.3. The van der Waals surface area contributed by atoms with Gasteiger partial charge in [0.1, 0.15) is 17.8 Å². The standard InChI is InChI=1S/C23H23FN6O3/c1-32-9-3-8-25-22-19-17(12-27-23(19)29-13-28-22)20(31)16-6-5-15(30-21(16)24)10-14-4-7-18(33-2)26-11-14/h4-7,11-13H,3,8-10H2,1-2H3,(H2,25,27,28,29). The number of pyridine rings is 2. The van der Waals surface area contributed by atoms with Crippen LogP contribution in [-0.2, 0) is 11.2 Å². The SMILES string of the molecule is COCCCNc1ncnc2[nH]cc(C(=O)c3ccc(Cc4ccc(OC)nc4)nc3F)c12. The van der Waals surface area contributed by atoms with Gasteiger partial charge in [0.25, 0.3) is 0 Å². The molecular formula is C23H23FN6O3. The molecule has 0 unspecified atom stereocenters. The number of aromatic amines is 1. The van der Waals surface area contributed by atoms with Crippen molar-refractivity contribution in [2.45, 2.75) is 12.8 Å². The summed E-state index contributed by atoms with van der Waals surface area (Å²) in [6.07, 6.45) is 5.69. The Bertz CT molecular complexity index is 1260. The van der Waals surface area contributed by atoms with Crippen LogP contribution >= 0.6 is 0 Å². The lowest BCUT2D eigenvalue weighted by atomic mass is 10.0. The van der Waals surface area contributed by atoms with Gasteiger partial charge in [-0.25, -0.2) is 19.9 Å². The molecule has 0 bridgehead atoms. The molecule has 0 amide bonds. The highest BCUT2D eigenvalue weighted by Crippen LogP contribution is 2.26. The van der Waals surface area contributed by atoms with Crippen LogP contribution in [0.2, 0.25) is 0 Å². The Labute approximate surface area is 189 Å². The molecule has 4 aromatic rings. The molecule has 33 heavy (non-hydrogen) atoms. The number of halogens is 1. The predicted octanol–water partition coefficient (Wildman–Crippen LogP) is 3.17. The number of H-pyrrole nitrogens is 1. The summed E-state index contributed by atoms with van der Waals surface area (Å²) < 4.78 is 25.0. The number of aromatic nitrogens is 5. The van der Waals surface area contributed by atoms with Gasteiger partial charge in [-0.15, -0.1) is 0 Å². The molecule has 4 rings (SSSR count). The Hall–Kier alpha value is -3.92. The van der Waals surface area contributed by atoms with Crippen LogP contribution in [0.4, 0.5) is 10.2 Å². The number of anilines is 1. The van der Waals surface area contributed by atoms with Gasteiger partial charge in [0.15, 0.2) is 5.78 Å². The lowest BCUT2D eigenvalue weighted by Crippen LogP contribution is -2.10. The average molecular weight is 450 g/mol. The van der Waals surface area contributed by atoms with Crippen LogP contribution in [0.3, 0.4) is 0 Å². The molecule has 0 saturated carbocycles. The zero-order chi connectivity index (χ0) is 23.2. The number of fused-ring (bicyclic) bond motifs is 1. The third-order valence-corrected chi connectivity index (χ3v) is 5.08. The molecule has 0 aliphatic heterocycles. The van der Waals surface area contributed by atoms with Crippen molar-refractivity contribution in [1.29, 1.82) is 0 Å². The number of nitrogens with one attached hydrogen (secondary N) is 2. The molecule has 0 spiro atoms. The van der Waals surface area contributed by atoms with E-state index in [2.05, 4.69) is 30.2 Å². The minimum atomic E-state index is -0.834. The monoisotopic (exact) mass is 450 g/mol. The zero-order valence-corrected chi connectivity index (χ0v) is 18.3. The number of carbonyl (C=O) groups excluding carboxylic acids is 1. The summed E-state index contributed by atoms with van der Waals surface area (Å²) in [5.41, 5.74) is 1.97. The summed E-state index contributed by atoms with van der Waals surface area (Å²) in [6, 6.07) is 6.64. The summed E-state index contributed by atoms with van der Waals surface area (Å²) in [5, 5.41) is 3.69. The summed E-state index contributed by atoms with van der Waals surface area (Å²) in [6.45, 7) is 1.19. The van der Waals surface area contributed by atoms with E-state index in [1.807, 2.05) is 6.07 Å². The van der Waals surface area contributed by atoms with E-state index in [0.717, 1.165) is 12.0 Å². The van der Waals surface area contributed by atoms with Crippen LogP contribution in [0, 0.1) is 5.95 Å². The average Bonchev–Trinajstić information content (AvgIpc) is 3.27. The topological polar surface area (TPSA) is 115 Å². The van der Waals surface area contributed by atoms with E-state index >= 15 is 0 Å². The predicted molar refractivity (Wildman–Crippen MR) is 120 cm³/mol. The van der Waals surface area contributed by atoms with Crippen LogP contribution in [0.1, 0.15) is 33.6 Å². The van der Waals surface area contributed by atoms with Gasteiger partial charge in [-0.05, 0) is 24.1 Å². The molecule has 170 valence electrons. The van der Waals surface area contributed by atoms with E-state index in [4.69, 9.17) is 9.47 Å². The van der Waals surface area contributed by atoms with Crippen molar-refractivity contribution in [1.82, 2.24) is 24.9 Å². The Kier molecular flexibility index (Phi) is 6.84. The summed E-state index contributed by atoms with van der Waals surface area (Å²) in [7, 11) is 3.17. The van der Waals surface area contributed by atoms with Crippen LogP contribution < -0.4 is 10.1 Å². The molecule has 10 heteroatoms. The summed E-state index contributed by atoms with van der Waals surface area (Å²) in [5.74, 6) is -0.342. The molecule has 0 fully saturated rings. The van der Waals surface area contributed by atoms with Gasteiger partial charge >= 0.3 is 0 Å². The first-order valence-electron chi connectivity index (χ1n) is 10.3. The molecule has 4 heterocycles. The summed E-state index contributed by atoms with van der Waals surface area (Å²) in [4.78, 5) is 32.7. The van der Waals surface area contributed by atoms with Crippen molar-refractivity contribution in [3.05, 3.63) is 71.3 Å². The quantitative estimate of drug-likeness (QED) is 0.215. The fourth-order valence-corrected chi connectivity index (χ4v) is 3.43. The molecule has 2 N–H and O–H groups in total. The van der Waals surface area contributed by atoms with Crippen molar-refractivity contribution in [2.75, 3.05) is 32.7 Å². The minimum Gasteiger partial charge on any atom is -0.481 e. The van der Waals surface area contributed by atoms with E-state index in [9.17, 15) is 9.18 Å². The third kappa shape index (κ3) is 4.96. The normalized spacial score (nSPS) is 11.0. The number of rotatable bonds is 10. The van der Waals surface area contributed by atoms with E-state index < -0.39 is 11.7 Å². The number of ether oxygens (including phenoxy) is 2. The van der Waals surface area contributed by atoms with Crippen molar-refractivity contribution in [3.8, 4) is 5.88 Å². The second-order valence-electron chi connectivity index (χ2n) is 7.28. The first kappa shape index (κ1) is 22.3. The van der Waals surface area contributed by atoms with Crippen molar-refractivity contribution >= 4 is 22.6 Å². The van der Waals surface area contributed by atoms with Crippen molar-refractivity contribution in [3.63, 3.8) is 0 Å². The number of carbonyl (C=O) groups is 1. The smallest absolute Gasteiger partial charge is 0.224 e. The largest absolute Gasteiger partial charge is 0.481 e. The van der Waals surface area contributed by atoms with E-state index in [0.29, 0.717) is 48.0 Å². The maximum atomic E-state index is 14.9. The maximum Gasteiger partial charge on any atom is 0.224 e. The van der Waals surface area contributed by atoms with Gasteiger partial charge < -0.3 is 19.8 Å². The van der Waals surface area contributed by atoms with E-state index in [-0.39, 0.29) is 11.1 Å². The Morgan fingerprint density at radius 1 is 1.12 bits per heavy atom. The lowest BCUT2D eigenvalue weighted by Gasteiger charge is -2.08. The van der Waals surface area contributed by atoms with Crippen LogP contribution in [0.5, 0.6) is 5.88 Å². The van der Waals surface area contributed by atoms with Gasteiger partial charge in [0.2, 0.25) is 11.8 Å². The molecular weight excluding hydrogens is 427 g/mol. The molecule has 0 radical (unpaired) electrons. The Balaban J connectivity index is 1.57. The van der Waals surface area contributed by atoms with E-state index in [1.54, 1.807) is 25.4 Å². The highest BCUT2D eigenvalue weighted by Gasteiger charge is 2.22. The minimum absolute atomic E-state index is 0.123.